The van der Waals surface area contributed by atoms with Gasteiger partial charge in [-0.05, 0) is 99.8 Å². The monoisotopic (exact) mass is 582 g/mol. The molecule has 2 N–H and O–H groups in total. The maximum absolute atomic E-state index is 13.2. The molecular weight excluding hydrogens is 540 g/mol. The number of nitrogens with one attached hydrogen (secondary N) is 2. The van der Waals surface area contributed by atoms with E-state index in [1.165, 1.54) is 5.56 Å². The average Bonchev–Trinajstić information content (AvgIpc) is 3.48. The van der Waals surface area contributed by atoms with Crippen LogP contribution in [0.1, 0.15) is 54.9 Å². The number of piperidine rings is 1. The molecule has 226 valence electrons. The van der Waals surface area contributed by atoms with Crippen LogP contribution in [0, 0.1) is 0 Å². The van der Waals surface area contributed by atoms with Crippen LogP contribution < -0.4 is 15.5 Å². The van der Waals surface area contributed by atoms with E-state index in [-0.39, 0.29) is 18.0 Å². The molecule has 2 aromatic heterocycles. The predicted molar refractivity (Wildman–Crippen MR) is 173 cm³/mol. The fraction of sp³-hybridized carbons (Fsp3) is 0.382. The van der Waals surface area contributed by atoms with Crippen LogP contribution in [0.5, 0.6) is 0 Å². The molecule has 2 amide bonds. The molecule has 9 heteroatoms. The summed E-state index contributed by atoms with van der Waals surface area (Å²) in [5.74, 6) is 0.843. The van der Waals surface area contributed by atoms with Crippen molar-refractivity contribution in [2.45, 2.75) is 45.1 Å². The number of hydrogen-bond donors (Lipinski definition) is 2. The quantitative estimate of drug-likeness (QED) is 0.230. The van der Waals surface area contributed by atoms with Gasteiger partial charge in [-0.25, -0.2) is 9.78 Å². The van der Waals surface area contributed by atoms with Gasteiger partial charge in [-0.1, -0.05) is 19.1 Å². The minimum Gasteiger partial charge on any atom is -0.382 e. The molecule has 43 heavy (non-hydrogen) atoms. The summed E-state index contributed by atoms with van der Waals surface area (Å²) in [4.78, 5) is 34.6. The first-order valence-corrected chi connectivity index (χ1v) is 15.1. The van der Waals surface area contributed by atoms with Crippen LogP contribution >= 0.6 is 0 Å². The predicted octanol–water partition coefficient (Wildman–Crippen LogP) is 6.24. The van der Waals surface area contributed by atoms with Crippen molar-refractivity contribution in [1.82, 2.24) is 19.8 Å². The molecule has 5 rings (SSSR count). The second-order valence-electron chi connectivity index (χ2n) is 11.2. The maximum Gasteiger partial charge on any atom is 0.325 e. The van der Waals surface area contributed by atoms with Crippen molar-refractivity contribution >= 4 is 40.0 Å². The molecule has 2 aromatic carbocycles. The lowest BCUT2D eigenvalue weighted by Gasteiger charge is -2.31. The molecule has 1 atom stereocenters. The molecule has 0 radical (unpaired) electrons. The number of rotatable bonds is 10. The topological polar surface area (TPSA) is 91.7 Å². The molecule has 1 unspecified atom stereocenters. The highest BCUT2D eigenvalue weighted by Crippen LogP contribution is 2.31. The number of nitrogens with zero attached hydrogens (tertiary/aromatic N) is 4. The van der Waals surface area contributed by atoms with Gasteiger partial charge in [-0.15, -0.1) is 0 Å². The van der Waals surface area contributed by atoms with Crippen molar-refractivity contribution in [1.29, 1.82) is 0 Å². The zero-order valence-electron chi connectivity index (χ0n) is 25.5. The first-order chi connectivity index (χ1) is 20.9. The number of likely N-dealkylation sites (tertiary alicyclic amines) is 1. The van der Waals surface area contributed by atoms with Crippen LogP contribution in [0.4, 0.5) is 22.0 Å². The highest BCUT2D eigenvalue weighted by Gasteiger charge is 2.20. The van der Waals surface area contributed by atoms with Gasteiger partial charge in [0.2, 0.25) is 0 Å². The Kier molecular flexibility index (Phi) is 9.74. The smallest absolute Gasteiger partial charge is 0.325 e. The van der Waals surface area contributed by atoms with Gasteiger partial charge in [0, 0.05) is 61.5 Å². The Morgan fingerprint density at radius 3 is 2.49 bits per heavy atom. The lowest BCUT2D eigenvalue weighted by atomic mass is 9.89. The number of anilines is 3. The number of pyridine rings is 1. The summed E-state index contributed by atoms with van der Waals surface area (Å²) in [6.45, 7) is 8.31. The number of ether oxygens (including phenoxy) is 1. The molecule has 9 nitrogen and oxygen atoms in total. The second kappa shape index (κ2) is 13.8. The molecule has 1 aliphatic rings. The molecule has 3 heterocycles. The molecule has 0 bridgehead atoms. The lowest BCUT2D eigenvalue weighted by Crippen LogP contribution is -2.32. The van der Waals surface area contributed by atoms with Crippen molar-refractivity contribution in [3.63, 3.8) is 0 Å². The summed E-state index contributed by atoms with van der Waals surface area (Å²) in [6.07, 6.45) is 6.66. The normalized spacial score (nSPS) is 14.9. The average molecular weight is 583 g/mol. The summed E-state index contributed by atoms with van der Waals surface area (Å²) in [5.41, 5.74) is 4.60. The first kappa shape index (κ1) is 30.3. The first-order valence-electron chi connectivity index (χ1n) is 15.1. The number of fused-ring (bicyclic) bond motifs is 1. The van der Waals surface area contributed by atoms with E-state index in [0.717, 1.165) is 61.2 Å². The third-order valence-corrected chi connectivity index (χ3v) is 8.56. The van der Waals surface area contributed by atoms with E-state index in [1.54, 1.807) is 31.1 Å². The van der Waals surface area contributed by atoms with Gasteiger partial charge >= 0.3 is 6.03 Å². The van der Waals surface area contributed by atoms with Crippen LogP contribution in [0.25, 0.3) is 10.9 Å². The third kappa shape index (κ3) is 7.06. The van der Waals surface area contributed by atoms with Gasteiger partial charge in [0.15, 0.2) is 0 Å². The molecule has 4 aromatic rings. The van der Waals surface area contributed by atoms with Crippen molar-refractivity contribution in [3.05, 3.63) is 84.2 Å². The van der Waals surface area contributed by atoms with Crippen LogP contribution in [0.3, 0.4) is 0 Å². The molecule has 0 aliphatic carbocycles. The van der Waals surface area contributed by atoms with Gasteiger partial charge in [-0.3, -0.25) is 9.36 Å². The Morgan fingerprint density at radius 2 is 1.79 bits per heavy atom. The van der Waals surface area contributed by atoms with E-state index in [1.807, 2.05) is 49.4 Å². The Balaban J connectivity index is 1.34. The summed E-state index contributed by atoms with van der Waals surface area (Å²) < 4.78 is 7.12. The fourth-order valence-corrected chi connectivity index (χ4v) is 5.76. The zero-order valence-corrected chi connectivity index (χ0v) is 25.5. The molecule has 0 saturated carbocycles. The molecule has 1 saturated heterocycles. The van der Waals surface area contributed by atoms with Gasteiger partial charge in [0.05, 0.1) is 11.6 Å². The van der Waals surface area contributed by atoms with E-state index in [9.17, 15) is 9.59 Å². The number of carbonyl (C=O) groups excluding carboxylic acids is 2. The van der Waals surface area contributed by atoms with Gasteiger partial charge in [0.25, 0.3) is 5.91 Å². The van der Waals surface area contributed by atoms with Gasteiger partial charge in [-0.2, -0.15) is 0 Å². The van der Waals surface area contributed by atoms with E-state index in [2.05, 4.69) is 50.5 Å². The van der Waals surface area contributed by atoms with E-state index in [4.69, 9.17) is 4.74 Å². The Bertz CT molecular complexity index is 1540. The molecule has 0 spiro atoms. The summed E-state index contributed by atoms with van der Waals surface area (Å²) in [5, 5.41) is 6.61. The number of carbonyl (C=O) groups is 2. The van der Waals surface area contributed by atoms with E-state index in [0.29, 0.717) is 23.8 Å². The zero-order chi connectivity index (χ0) is 30.3. The molecular formula is C34H42N6O3. The highest BCUT2D eigenvalue weighted by molar-refractivity contribution is 6.04. The third-order valence-electron chi connectivity index (χ3n) is 8.56. The Hall–Kier alpha value is -4.21. The van der Waals surface area contributed by atoms with E-state index >= 15 is 0 Å². The number of amides is 2. The van der Waals surface area contributed by atoms with Gasteiger partial charge in [0.1, 0.15) is 5.82 Å². The van der Waals surface area contributed by atoms with Crippen LogP contribution in [0.2, 0.25) is 0 Å². The lowest BCUT2D eigenvalue weighted by molar-refractivity contribution is 0.102. The summed E-state index contributed by atoms with van der Waals surface area (Å²) >= 11 is 0. The fourth-order valence-electron chi connectivity index (χ4n) is 5.76. The van der Waals surface area contributed by atoms with Crippen molar-refractivity contribution in [2.75, 3.05) is 50.6 Å². The highest BCUT2D eigenvalue weighted by atomic mass is 16.5. The summed E-state index contributed by atoms with van der Waals surface area (Å²) in [7, 11) is 3.33. The number of methoxy groups -OCH3 is 1. The number of hydrogen-bond acceptors (Lipinski definition) is 6. The van der Waals surface area contributed by atoms with Crippen molar-refractivity contribution in [2.24, 2.45) is 0 Å². The van der Waals surface area contributed by atoms with Crippen molar-refractivity contribution in [3.8, 4) is 0 Å². The maximum atomic E-state index is 13.2. The Morgan fingerprint density at radius 1 is 1.05 bits per heavy atom. The molecule has 1 fully saturated rings. The number of aromatic nitrogens is 2. The van der Waals surface area contributed by atoms with Crippen LogP contribution in [0.15, 0.2) is 73.1 Å². The standard InChI is InChI=1S/C34H42N6O3/c1-5-38-18-14-26(15-19-38)25-6-8-27(9-7-25)33(41)37-32-23-30(12-17-36-32)39(20-13-24(2)43-4)29-10-11-31-28(22-29)16-21-40(31)34(42)35-3/h6-12,16-17,21-24,26H,5,13-15,18-20H2,1-4H3,(H,35,42)(H,36,37,41). The van der Waals surface area contributed by atoms with E-state index < -0.39 is 0 Å². The van der Waals surface area contributed by atoms with Crippen LogP contribution in [-0.4, -0.2) is 72.8 Å². The molecule has 1 aliphatic heterocycles. The van der Waals surface area contributed by atoms with Crippen LogP contribution in [-0.2, 0) is 4.74 Å². The Labute approximate surface area is 253 Å². The SMILES string of the molecule is CCN1CCC(c2ccc(C(=O)Nc3cc(N(CCC(C)OC)c4ccc5c(ccn5C(=O)NC)c4)ccn3)cc2)CC1. The van der Waals surface area contributed by atoms with Crippen molar-refractivity contribution < 1.29 is 14.3 Å². The second-order valence-corrected chi connectivity index (χ2v) is 11.2. The largest absolute Gasteiger partial charge is 0.382 e. The minimum absolute atomic E-state index is 0.0729. The minimum atomic E-state index is -0.187. The summed E-state index contributed by atoms with van der Waals surface area (Å²) in [6, 6.07) is 19.6. The number of benzene rings is 2. The van der Waals surface area contributed by atoms with Gasteiger partial charge < -0.3 is 25.2 Å².